The number of H-pyrrole nitrogens is 1. The third-order valence-electron chi connectivity index (χ3n) is 3.24. The number of aryl methyl sites for hydroxylation is 1. The standard InChI is InChI=1S/C12H18N2O6/c1-3-19-5-7-8(15)9(16)11(20-7)14-4-6(2)10(17)13-12(14)18/h4,7-9,11,15-16H,3,5H2,1-2H3,(H,13,17,18)/t7-,8-,9-,11-/m1/s1. The van der Waals surface area contributed by atoms with E-state index in [1.807, 2.05) is 0 Å². The van der Waals surface area contributed by atoms with Crippen LogP contribution in [0.1, 0.15) is 18.7 Å². The summed E-state index contributed by atoms with van der Waals surface area (Å²) in [7, 11) is 0. The van der Waals surface area contributed by atoms with Crippen LogP contribution in [0.2, 0.25) is 0 Å². The highest BCUT2D eigenvalue weighted by Gasteiger charge is 2.44. The normalized spacial score (nSPS) is 29.8. The number of nitrogens with one attached hydrogen (secondary N) is 1. The monoisotopic (exact) mass is 286 g/mol. The molecule has 0 aromatic carbocycles. The van der Waals surface area contributed by atoms with Crippen molar-refractivity contribution in [3.63, 3.8) is 0 Å². The number of aliphatic hydroxyl groups is 2. The molecule has 0 spiro atoms. The van der Waals surface area contributed by atoms with Gasteiger partial charge in [0.2, 0.25) is 0 Å². The molecule has 8 heteroatoms. The zero-order chi connectivity index (χ0) is 14.9. The lowest BCUT2D eigenvalue weighted by Crippen LogP contribution is -2.38. The van der Waals surface area contributed by atoms with E-state index in [0.717, 1.165) is 4.57 Å². The van der Waals surface area contributed by atoms with E-state index in [9.17, 15) is 19.8 Å². The van der Waals surface area contributed by atoms with Gasteiger partial charge >= 0.3 is 5.69 Å². The van der Waals surface area contributed by atoms with Gasteiger partial charge in [0, 0.05) is 18.4 Å². The summed E-state index contributed by atoms with van der Waals surface area (Å²) in [5.41, 5.74) is -0.887. The summed E-state index contributed by atoms with van der Waals surface area (Å²) in [6, 6.07) is 0. The van der Waals surface area contributed by atoms with Crippen LogP contribution >= 0.6 is 0 Å². The van der Waals surface area contributed by atoms with Crippen LogP contribution in [0.4, 0.5) is 0 Å². The van der Waals surface area contributed by atoms with E-state index in [4.69, 9.17) is 9.47 Å². The van der Waals surface area contributed by atoms with Gasteiger partial charge in [-0.2, -0.15) is 0 Å². The number of aromatic nitrogens is 2. The van der Waals surface area contributed by atoms with Crippen LogP contribution in [0.25, 0.3) is 0 Å². The van der Waals surface area contributed by atoms with E-state index in [-0.39, 0.29) is 6.61 Å². The molecule has 2 rings (SSSR count). The molecule has 20 heavy (non-hydrogen) atoms. The molecule has 4 atom stereocenters. The number of hydrogen-bond donors (Lipinski definition) is 3. The SMILES string of the molecule is CCOC[C@H]1O[C@@H](n2cc(C)c(=O)[nH]c2=O)[C@H](O)[C@@H]1O. The van der Waals surface area contributed by atoms with Crippen LogP contribution in [0.3, 0.4) is 0 Å². The summed E-state index contributed by atoms with van der Waals surface area (Å²) in [6.45, 7) is 3.89. The summed E-state index contributed by atoms with van der Waals surface area (Å²) < 4.78 is 11.7. The molecule has 0 aliphatic carbocycles. The van der Waals surface area contributed by atoms with Gasteiger partial charge in [0.25, 0.3) is 5.56 Å². The van der Waals surface area contributed by atoms with E-state index in [2.05, 4.69) is 4.98 Å². The Hall–Kier alpha value is -1.48. The van der Waals surface area contributed by atoms with Crippen molar-refractivity contribution in [1.82, 2.24) is 9.55 Å². The lowest BCUT2D eigenvalue weighted by atomic mass is 10.1. The van der Waals surface area contributed by atoms with Crippen LogP contribution < -0.4 is 11.2 Å². The Morgan fingerprint density at radius 1 is 1.40 bits per heavy atom. The average molecular weight is 286 g/mol. The number of nitrogens with zero attached hydrogens (tertiary/aromatic N) is 1. The number of aliphatic hydroxyl groups excluding tert-OH is 2. The molecule has 1 aliphatic heterocycles. The quantitative estimate of drug-likeness (QED) is 0.621. The van der Waals surface area contributed by atoms with E-state index in [1.165, 1.54) is 13.1 Å². The lowest BCUT2D eigenvalue weighted by Gasteiger charge is -2.17. The summed E-state index contributed by atoms with van der Waals surface area (Å²) in [4.78, 5) is 25.2. The zero-order valence-electron chi connectivity index (χ0n) is 11.3. The summed E-state index contributed by atoms with van der Waals surface area (Å²) >= 11 is 0. The van der Waals surface area contributed by atoms with E-state index in [1.54, 1.807) is 6.92 Å². The molecule has 0 bridgehead atoms. The van der Waals surface area contributed by atoms with Gasteiger partial charge < -0.3 is 19.7 Å². The first kappa shape index (κ1) is 14.9. The Morgan fingerprint density at radius 2 is 2.10 bits per heavy atom. The number of ether oxygens (including phenoxy) is 2. The van der Waals surface area contributed by atoms with Crippen molar-refractivity contribution in [3.8, 4) is 0 Å². The van der Waals surface area contributed by atoms with Crippen LogP contribution in [-0.2, 0) is 9.47 Å². The van der Waals surface area contributed by atoms with Gasteiger partial charge in [0.1, 0.15) is 18.3 Å². The first-order valence-corrected chi connectivity index (χ1v) is 6.37. The van der Waals surface area contributed by atoms with Crippen molar-refractivity contribution >= 4 is 0 Å². The Balaban J connectivity index is 2.28. The highest BCUT2D eigenvalue weighted by atomic mass is 16.6. The minimum absolute atomic E-state index is 0.113. The van der Waals surface area contributed by atoms with Crippen molar-refractivity contribution in [2.24, 2.45) is 0 Å². The second-order valence-corrected chi connectivity index (χ2v) is 4.68. The minimum Gasteiger partial charge on any atom is -0.387 e. The molecule has 0 saturated carbocycles. The van der Waals surface area contributed by atoms with Gasteiger partial charge in [-0.15, -0.1) is 0 Å². The molecule has 112 valence electrons. The summed E-state index contributed by atoms with van der Waals surface area (Å²) in [6.07, 6.45) is -2.92. The molecule has 0 unspecified atom stereocenters. The molecule has 3 N–H and O–H groups in total. The molecule has 1 saturated heterocycles. The highest BCUT2D eigenvalue weighted by molar-refractivity contribution is 5.03. The summed E-state index contributed by atoms with van der Waals surface area (Å²) in [5, 5.41) is 19.9. The molecular weight excluding hydrogens is 268 g/mol. The van der Waals surface area contributed by atoms with Crippen molar-refractivity contribution in [2.45, 2.75) is 38.4 Å². The fraction of sp³-hybridized carbons (Fsp3) is 0.667. The predicted molar refractivity (Wildman–Crippen MR) is 68.5 cm³/mol. The molecule has 1 aromatic heterocycles. The number of rotatable bonds is 4. The average Bonchev–Trinajstić information content (AvgIpc) is 2.68. The van der Waals surface area contributed by atoms with Gasteiger partial charge in [-0.1, -0.05) is 0 Å². The van der Waals surface area contributed by atoms with Gasteiger partial charge in [0.15, 0.2) is 6.23 Å². The molecule has 8 nitrogen and oxygen atoms in total. The van der Waals surface area contributed by atoms with Gasteiger partial charge in [-0.3, -0.25) is 14.3 Å². The van der Waals surface area contributed by atoms with E-state index >= 15 is 0 Å². The van der Waals surface area contributed by atoms with Crippen molar-refractivity contribution < 1.29 is 19.7 Å². The molecular formula is C12H18N2O6. The van der Waals surface area contributed by atoms with Gasteiger partial charge in [0.05, 0.1) is 6.61 Å². The number of hydrogen-bond acceptors (Lipinski definition) is 6. The maximum Gasteiger partial charge on any atom is 0.330 e. The van der Waals surface area contributed by atoms with Gasteiger partial charge in [-0.05, 0) is 13.8 Å². The van der Waals surface area contributed by atoms with Gasteiger partial charge in [-0.25, -0.2) is 4.79 Å². The minimum atomic E-state index is -1.27. The molecule has 2 heterocycles. The predicted octanol–water partition coefficient (Wildman–Crippen LogP) is -1.50. The van der Waals surface area contributed by atoms with E-state index in [0.29, 0.717) is 12.2 Å². The zero-order valence-corrected chi connectivity index (χ0v) is 11.3. The van der Waals surface area contributed by atoms with Crippen molar-refractivity contribution in [2.75, 3.05) is 13.2 Å². The second-order valence-electron chi connectivity index (χ2n) is 4.68. The molecule has 1 fully saturated rings. The lowest BCUT2D eigenvalue weighted by molar-refractivity contribution is -0.0669. The van der Waals surface area contributed by atoms with E-state index < -0.39 is 35.8 Å². The van der Waals surface area contributed by atoms with Crippen molar-refractivity contribution in [1.29, 1.82) is 0 Å². The second kappa shape index (κ2) is 5.88. The largest absolute Gasteiger partial charge is 0.387 e. The first-order chi connectivity index (χ1) is 9.45. The molecule has 1 aliphatic rings. The third kappa shape index (κ3) is 2.68. The van der Waals surface area contributed by atoms with Crippen LogP contribution in [0, 0.1) is 6.92 Å². The van der Waals surface area contributed by atoms with Crippen LogP contribution in [-0.4, -0.2) is 51.3 Å². The fourth-order valence-electron chi connectivity index (χ4n) is 2.11. The first-order valence-electron chi connectivity index (χ1n) is 6.37. The maximum absolute atomic E-state index is 11.8. The Kier molecular flexibility index (Phi) is 4.39. The fourth-order valence-corrected chi connectivity index (χ4v) is 2.11. The number of aromatic amines is 1. The smallest absolute Gasteiger partial charge is 0.330 e. The molecule has 0 radical (unpaired) electrons. The Bertz CT molecular complexity index is 580. The topological polar surface area (TPSA) is 114 Å². The Morgan fingerprint density at radius 3 is 2.75 bits per heavy atom. The third-order valence-corrected chi connectivity index (χ3v) is 3.24. The molecule has 0 amide bonds. The summed E-state index contributed by atoms with van der Waals surface area (Å²) in [5.74, 6) is 0. The maximum atomic E-state index is 11.8. The highest BCUT2D eigenvalue weighted by Crippen LogP contribution is 2.28. The van der Waals surface area contributed by atoms with Crippen molar-refractivity contribution in [3.05, 3.63) is 32.6 Å². The molecule has 1 aromatic rings. The Labute approximate surface area is 114 Å². The van der Waals surface area contributed by atoms with Crippen LogP contribution in [0.5, 0.6) is 0 Å². The van der Waals surface area contributed by atoms with Crippen LogP contribution in [0.15, 0.2) is 15.8 Å².